The van der Waals surface area contributed by atoms with Crippen LogP contribution in [0.1, 0.15) is 6.92 Å². The highest BCUT2D eigenvalue weighted by atomic mass is 19.1. The SMILES string of the molecule is C[C@@H]1CN(c2n[nH]c(-c3ccc(F)cn3)n2)CCN1. The van der Waals surface area contributed by atoms with Crippen LogP contribution in [0.4, 0.5) is 10.3 Å². The summed E-state index contributed by atoms with van der Waals surface area (Å²) in [6.45, 7) is 4.79. The van der Waals surface area contributed by atoms with Gasteiger partial charge in [-0.25, -0.2) is 9.37 Å². The second-order valence-corrected chi connectivity index (χ2v) is 4.65. The number of nitrogens with one attached hydrogen (secondary N) is 2. The molecule has 2 aromatic heterocycles. The largest absolute Gasteiger partial charge is 0.337 e. The summed E-state index contributed by atoms with van der Waals surface area (Å²) in [6.07, 6.45) is 1.17. The van der Waals surface area contributed by atoms with E-state index in [1.807, 2.05) is 0 Å². The minimum absolute atomic E-state index is 0.362. The standard InChI is InChI=1S/C12H15FN6/c1-8-7-19(5-4-14-8)12-16-11(17-18-12)10-3-2-9(13)6-15-10/h2-3,6,8,14H,4-5,7H2,1H3,(H,16,17,18)/t8-/m1/s1. The first-order valence-corrected chi connectivity index (χ1v) is 6.25. The number of aromatic nitrogens is 4. The van der Waals surface area contributed by atoms with Crippen LogP contribution in [0.25, 0.3) is 11.5 Å². The monoisotopic (exact) mass is 262 g/mol. The van der Waals surface area contributed by atoms with E-state index in [0.717, 1.165) is 19.6 Å². The van der Waals surface area contributed by atoms with Gasteiger partial charge >= 0.3 is 0 Å². The topological polar surface area (TPSA) is 69.7 Å². The van der Waals surface area contributed by atoms with Crippen LogP contribution >= 0.6 is 0 Å². The number of halogens is 1. The van der Waals surface area contributed by atoms with Crippen molar-refractivity contribution in [2.45, 2.75) is 13.0 Å². The predicted molar refractivity (Wildman–Crippen MR) is 69.2 cm³/mol. The third-order valence-electron chi connectivity index (χ3n) is 3.10. The molecule has 1 aliphatic heterocycles. The first-order chi connectivity index (χ1) is 9.22. The van der Waals surface area contributed by atoms with Crippen molar-refractivity contribution in [1.82, 2.24) is 25.5 Å². The number of nitrogens with zero attached hydrogens (tertiary/aromatic N) is 4. The summed E-state index contributed by atoms with van der Waals surface area (Å²) in [4.78, 5) is 10.5. The molecule has 1 saturated heterocycles. The lowest BCUT2D eigenvalue weighted by molar-refractivity contribution is 0.480. The molecule has 6 nitrogen and oxygen atoms in total. The third-order valence-corrected chi connectivity index (χ3v) is 3.10. The van der Waals surface area contributed by atoms with Crippen LogP contribution in [0.3, 0.4) is 0 Å². The summed E-state index contributed by atoms with van der Waals surface area (Å²) < 4.78 is 12.8. The first kappa shape index (κ1) is 12.0. The molecule has 0 unspecified atom stereocenters. The number of rotatable bonds is 2. The predicted octanol–water partition coefficient (Wildman–Crippen LogP) is 0.804. The van der Waals surface area contributed by atoms with Crippen LogP contribution < -0.4 is 10.2 Å². The van der Waals surface area contributed by atoms with Gasteiger partial charge in [-0.3, -0.25) is 5.10 Å². The average Bonchev–Trinajstić information content (AvgIpc) is 2.89. The second-order valence-electron chi connectivity index (χ2n) is 4.65. The van der Waals surface area contributed by atoms with Gasteiger partial charge in [0, 0.05) is 25.7 Å². The molecule has 0 bridgehead atoms. The molecule has 2 N–H and O–H groups in total. The first-order valence-electron chi connectivity index (χ1n) is 6.25. The summed E-state index contributed by atoms with van der Waals surface area (Å²) in [7, 11) is 0. The molecular weight excluding hydrogens is 247 g/mol. The quantitative estimate of drug-likeness (QED) is 0.838. The molecule has 1 atom stereocenters. The van der Waals surface area contributed by atoms with Gasteiger partial charge in [-0.1, -0.05) is 0 Å². The van der Waals surface area contributed by atoms with Crippen molar-refractivity contribution in [3.8, 4) is 11.5 Å². The van der Waals surface area contributed by atoms with Crippen LogP contribution in [0.15, 0.2) is 18.3 Å². The molecule has 1 fully saturated rings. The molecule has 0 aliphatic carbocycles. The molecule has 3 heterocycles. The van der Waals surface area contributed by atoms with Gasteiger partial charge in [0.05, 0.1) is 6.20 Å². The van der Waals surface area contributed by atoms with Crippen LogP contribution in [-0.2, 0) is 0 Å². The zero-order chi connectivity index (χ0) is 13.2. The Morgan fingerprint density at radius 2 is 2.32 bits per heavy atom. The van der Waals surface area contributed by atoms with Crippen molar-refractivity contribution in [3.63, 3.8) is 0 Å². The molecule has 0 spiro atoms. The summed E-state index contributed by atoms with van der Waals surface area (Å²) in [5.41, 5.74) is 0.586. The number of hydrogen-bond acceptors (Lipinski definition) is 5. The highest BCUT2D eigenvalue weighted by Gasteiger charge is 2.19. The van der Waals surface area contributed by atoms with E-state index in [4.69, 9.17) is 0 Å². The van der Waals surface area contributed by atoms with Crippen molar-refractivity contribution in [1.29, 1.82) is 0 Å². The van der Waals surface area contributed by atoms with Gasteiger partial charge < -0.3 is 10.2 Å². The van der Waals surface area contributed by atoms with Crippen molar-refractivity contribution in [2.75, 3.05) is 24.5 Å². The summed E-state index contributed by atoms with van der Waals surface area (Å²) >= 11 is 0. The number of H-pyrrole nitrogens is 1. The Morgan fingerprint density at radius 1 is 1.42 bits per heavy atom. The number of pyridine rings is 1. The van der Waals surface area contributed by atoms with Crippen LogP contribution in [0.5, 0.6) is 0 Å². The van der Waals surface area contributed by atoms with Crippen molar-refractivity contribution in [2.24, 2.45) is 0 Å². The van der Waals surface area contributed by atoms with Gasteiger partial charge in [-0.15, -0.1) is 5.10 Å². The maximum atomic E-state index is 12.8. The van der Waals surface area contributed by atoms with E-state index >= 15 is 0 Å². The Morgan fingerprint density at radius 3 is 3.05 bits per heavy atom. The number of anilines is 1. The lowest BCUT2D eigenvalue weighted by Crippen LogP contribution is -2.49. The molecule has 7 heteroatoms. The maximum Gasteiger partial charge on any atom is 0.245 e. The van der Waals surface area contributed by atoms with Crippen molar-refractivity contribution < 1.29 is 4.39 Å². The molecule has 1 aliphatic rings. The minimum Gasteiger partial charge on any atom is -0.337 e. The number of aromatic amines is 1. The van der Waals surface area contributed by atoms with Gasteiger partial charge in [-0.05, 0) is 19.1 Å². The minimum atomic E-state index is -0.362. The summed E-state index contributed by atoms with van der Waals surface area (Å²) in [5, 5.41) is 10.4. The molecule has 0 amide bonds. The van der Waals surface area contributed by atoms with Gasteiger partial charge in [0.25, 0.3) is 0 Å². The van der Waals surface area contributed by atoms with Gasteiger partial charge in [-0.2, -0.15) is 4.98 Å². The van der Waals surface area contributed by atoms with E-state index in [0.29, 0.717) is 23.5 Å². The maximum absolute atomic E-state index is 12.8. The molecule has 2 aromatic rings. The van der Waals surface area contributed by atoms with E-state index in [-0.39, 0.29) is 5.82 Å². The fourth-order valence-electron chi connectivity index (χ4n) is 2.14. The molecule has 19 heavy (non-hydrogen) atoms. The van der Waals surface area contributed by atoms with Crippen LogP contribution in [0, 0.1) is 5.82 Å². The Labute approximate surface area is 110 Å². The second kappa shape index (κ2) is 4.93. The van der Waals surface area contributed by atoms with Crippen molar-refractivity contribution >= 4 is 5.95 Å². The normalized spacial score (nSPS) is 19.7. The Kier molecular flexibility index (Phi) is 3.12. The smallest absolute Gasteiger partial charge is 0.245 e. The zero-order valence-electron chi connectivity index (χ0n) is 10.6. The van der Waals surface area contributed by atoms with Gasteiger partial charge in [0.15, 0.2) is 5.82 Å². The fraction of sp³-hybridized carbons (Fsp3) is 0.417. The number of piperazine rings is 1. The molecule has 0 saturated carbocycles. The molecule has 3 rings (SSSR count). The Balaban J connectivity index is 1.81. The van der Waals surface area contributed by atoms with E-state index in [1.54, 1.807) is 6.07 Å². The van der Waals surface area contributed by atoms with E-state index in [2.05, 4.69) is 37.3 Å². The Hall–Kier alpha value is -2.02. The highest BCUT2D eigenvalue weighted by Crippen LogP contribution is 2.16. The van der Waals surface area contributed by atoms with Gasteiger partial charge in [0.1, 0.15) is 11.5 Å². The molecule has 0 aromatic carbocycles. The molecule has 0 radical (unpaired) electrons. The fourth-order valence-corrected chi connectivity index (χ4v) is 2.14. The Bertz CT molecular complexity index is 552. The summed E-state index contributed by atoms with van der Waals surface area (Å²) in [6, 6.07) is 3.36. The van der Waals surface area contributed by atoms with E-state index in [9.17, 15) is 4.39 Å². The van der Waals surface area contributed by atoms with Crippen LogP contribution in [0.2, 0.25) is 0 Å². The highest BCUT2D eigenvalue weighted by molar-refractivity contribution is 5.50. The molecule has 100 valence electrons. The average molecular weight is 262 g/mol. The van der Waals surface area contributed by atoms with Crippen LogP contribution in [-0.4, -0.2) is 45.8 Å². The van der Waals surface area contributed by atoms with Crippen molar-refractivity contribution in [3.05, 3.63) is 24.1 Å². The summed E-state index contributed by atoms with van der Waals surface area (Å²) in [5.74, 6) is 0.857. The lowest BCUT2D eigenvalue weighted by Gasteiger charge is -2.30. The van der Waals surface area contributed by atoms with E-state index in [1.165, 1.54) is 12.3 Å². The third kappa shape index (κ3) is 2.55. The van der Waals surface area contributed by atoms with Gasteiger partial charge in [0.2, 0.25) is 5.95 Å². The lowest BCUT2D eigenvalue weighted by atomic mass is 10.2. The number of hydrogen-bond donors (Lipinski definition) is 2. The van der Waals surface area contributed by atoms with E-state index < -0.39 is 0 Å². The zero-order valence-corrected chi connectivity index (χ0v) is 10.6. The molecular formula is C12H15FN6.